The molecule has 4 amide bonds. The molecule has 1 fully saturated rings. The lowest BCUT2D eigenvalue weighted by Crippen LogP contribution is -2.53. The molecular weight excluding hydrogens is 239 g/mol. The second-order valence-corrected chi connectivity index (χ2v) is 4.02. The highest BCUT2D eigenvalue weighted by Gasteiger charge is 2.34. The fourth-order valence-corrected chi connectivity index (χ4v) is 1.84. The highest BCUT2D eigenvalue weighted by atomic mass is 19.1. The maximum absolute atomic E-state index is 12.8. The van der Waals surface area contributed by atoms with Crippen LogP contribution in [0, 0.1) is 5.82 Å². The van der Waals surface area contributed by atoms with Crippen LogP contribution in [-0.2, 0) is 9.59 Å². The van der Waals surface area contributed by atoms with Crippen molar-refractivity contribution in [1.29, 1.82) is 0 Å². The van der Waals surface area contributed by atoms with Crippen LogP contribution in [0.25, 0.3) is 0 Å². The van der Waals surface area contributed by atoms with Gasteiger partial charge in [-0.3, -0.25) is 19.8 Å². The van der Waals surface area contributed by atoms with E-state index in [2.05, 4.69) is 5.32 Å². The van der Waals surface area contributed by atoms with Crippen molar-refractivity contribution < 1.29 is 18.8 Å². The Kier molecular flexibility index (Phi) is 3.10. The van der Waals surface area contributed by atoms with Crippen LogP contribution >= 0.6 is 0 Å². The summed E-state index contributed by atoms with van der Waals surface area (Å²) in [5.41, 5.74) is 0.620. The van der Waals surface area contributed by atoms with Gasteiger partial charge in [0, 0.05) is 0 Å². The van der Waals surface area contributed by atoms with Crippen LogP contribution in [0.4, 0.5) is 9.18 Å². The van der Waals surface area contributed by atoms with Gasteiger partial charge in [-0.05, 0) is 24.6 Å². The average Bonchev–Trinajstić information content (AvgIpc) is 2.28. The number of benzene rings is 1. The lowest BCUT2D eigenvalue weighted by Gasteiger charge is -2.30. The second-order valence-electron chi connectivity index (χ2n) is 4.02. The van der Waals surface area contributed by atoms with E-state index in [1.54, 1.807) is 6.92 Å². The number of carbonyl (C=O) groups is 3. The predicted molar refractivity (Wildman–Crippen MR) is 59.8 cm³/mol. The van der Waals surface area contributed by atoms with Crippen LogP contribution in [0.1, 0.15) is 24.9 Å². The van der Waals surface area contributed by atoms with Gasteiger partial charge in [-0.2, -0.15) is 0 Å². The molecule has 1 aromatic carbocycles. The van der Waals surface area contributed by atoms with E-state index in [1.807, 2.05) is 0 Å². The molecule has 1 saturated heterocycles. The second kappa shape index (κ2) is 4.56. The zero-order chi connectivity index (χ0) is 13.3. The lowest BCUT2D eigenvalue weighted by atomic mass is 10.1. The van der Waals surface area contributed by atoms with E-state index in [4.69, 9.17) is 0 Å². The van der Waals surface area contributed by atoms with E-state index < -0.39 is 29.7 Å². The third-order valence-corrected chi connectivity index (χ3v) is 2.79. The normalized spacial score (nSPS) is 17.7. The molecule has 2 rings (SSSR count). The van der Waals surface area contributed by atoms with Gasteiger partial charge in [-0.15, -0.1) is 0 Å². The van der Waals surface area contributed by atoms with Crippen LogP contribution in [0.2, 0.25) is 0 Å². The molecule has 1 atom stereocenters. The van der Waals surface area contributed by atoms with Gasteiger partial charge in [0.25, 0.3) is 0 Å². The Morgan fingerprint density at radius 1 is 1.22 bits per heavy atom. The third-order valence-electron chi connectivity index (χ3n) is 2.79. The summed E-state index contributed by atoms with van der Waals surface area (Å²) >= 11 is 0. The summed E-state index contributed by atoms with van der Waals surface area (Å²) in [5, 5.41) is 2.07. The number of urea groups is 1. The minimum Gasteiger partial charge on any atom is -0.277 e. The van der Waals surface area contributed by atoms with E-state index in [9.17, 15) is 18.8 Å². The van der Waals surface area contributed by atoms with E-state index in [1.165, 1.54) is 24.3 Å². The molecule has 0 spiro atoms. The quantitative estimate of drug-likeness (QED) is 0.806. The van der Waals surface area contributed by atoms with Crippen molar-refractivity contribution in [3.63, 3.8) is 0 Å². The van der Waals surface area contributed by atoms with Crippen molar-refractivity contribution >= 4 is 17.8 Å². The first kappa shape index (κ1) is 12.2. The Hall–Kier alpha value is -2.24. The standard InChI is InChI=1S/C12H11FN2O3/c1-7(8-2-4-9(13)5-3-8)15-11(17)6-10(16)14-12(15)18/h2-5,7H,6H2,1H3,(H,14,16,18). The number of rotatable bonds is 2. The van der Waals surface area contributed by atoms with Crippen LogP contribution in [0.15, 0.2) is 24.3 Å². The smallest absolute Gasteiger partial charge is 0.277 e. The predicted octanol–water partition coefficient (Wildman–Crippen LogP) is 1.36. The van der Waals surface area contributed by atoms with Gasteiger partial charge < -0.3 is 0 Å². The average molecular weight is 250 g/mol. The van der Waals surface area contributed by atoms with E-state index in [-0.39, 0.29) is 6.42 Å². The zero-order valence-electron chi connectivity index (χ0n) is 9.64. The van der Waals surface area contributed by atoms with Crippen molar-refractivity contribution in [2.45, 2.75) is 19.4 Å². The summed E-state index contributed by atoms with van der Waals surface area (Å²) in [5.74, 6) is -1.55. The van der Waals surface area contributed by atoms with Crippen molar-refractivity contribution in [1.82, 2.24) is 10.2 Å². The van der Waals surface area contributed by atoms with Crippen molar-refractivity contribution in [3.8, 4) is 0 Å². The maximum Gasteiger partial charge on any atom is 0.331 e. The molecule has 1 aliphatic rings. The maximum atomic E-state index is 12.8. The molecule has 5 nitrogen and oxygen atoms in total. The monoisotopic (exact) mass is 250 g/mol. The molecule has 94 valence electrons. The van der Waals surface area contributed by atoms with Gasteiger partial charge in [0.05, 0.1) is 6.04 Å². The fraction of sp³-hybridized carbons (Fsp3) is 0.250. The molecule has 0 aliphatic carbocycles. The molecule has 0 radical (unpaired) electrons. The number of hydrogen-bond donors (Lipinski definition) is 1. The van der Waals surface area contributed by atoms with E-state index in [0.29, 0.717) is 5.56 Å². The Bertz CT molecular complexity index is 493. The molecule has 1 heterocycles. The molecule has 0 bridgehead atoms. The van der Waals surface area contributed by atoms with Gasteiger partial charge in [0.2, 0.25) is 11.8 Å². The highest BCUT2D eigenvalue weighted by Crippen LogP contribution is 2.22. The Morgan fingerprint density at radius 3 is 2.39 bits per heavy atom. The zero-order valence-corrected chi connectivity index (χ0v) is 9.64. The third kappa shape index (κ3) is 2.22. The summed E-state index contributed by atoms with van der Waals surface area (Å²) in [7, 11) is 0. The molecular formula is C12H11FN2O3. The molecule has 1 aromatic rings. The SMILES string of the molecule is CC(c1ccc(F)cc1)N1C(=O)CC(=O)NC1=O. The number of carbonyl (C=O) groups excluding carboxylic acids is 3. The fourth-order valence-electron chi connectivity index (χ4n) is 1.84. The number of nitrogens with one attached hydrogen (secondary N) is 1. The highest BCUT2D eigenvalue weighted by molar-refractivity contribution is 6.14. The Morgan fingerprint density at radius 2 is 1.83 bits per heavy atom. The van der Waals surface area contributed by atoms with Crippen molar-refractivity contribution in [2.24, 2.45) is 0 Å². The van der Waals surface area contributed by atoms with Gasteiger partial charge in [-0.1, -0.05) is 12.1 Å². The van der Waals surface area contributed by atoms with Crippen LogP contribution in [-0.4, -0.2) is 22.7 Å². The van der Waals surface area contributed by atoms with Gasteiger partial charge in [0.1, 0.15) is 12.2 Å². The Balaban J connectivity index is 2.25. The van der Waals surface area contributed by atoms with E-state index in [0.717, 1.165) is 4.90 Å². The number of nitrogens with zero attached hydrogens (tertiary/aromatic N) is 1. The minimum absolute atomic E-state index is 0.350. The molecule has 1 N–H and O–H groups in total. The molecule has 6 heteroatoms. The number of barbiturate groups is 1. The first-order valence-electron chi connectivity index (χ1n) is 5.40. The van der Waals surface area contributed by atoms with Crippen LogP contribution < -0.4 is 5.32 Å². The summed E-state index contributed by atoms with van der Waals surface area (Å²) in [6.45, 7) is 1.64. The van der Waals surface area contributed by atoms with Crippen molar-refractivity contribution in [2.75, 3.05) is 0 Å². The summed E-state index contributed by atoms with van der Waals surface area (Å²) in [4.78, 5) is 35.2. The Labute approximate surface area is 103 Å². The number of imide groups is 2. The van der Waals surface area contributed by atoms with Crippen LogP contribution in [0.5, 0.6) is 0 Å². The van der Waals surface area contributed by atoms with E-state index >= 15 is 0 Å². The summed E-state index contributed by atoms with van der Waals surface area (Å²) < 4.78 is 12.8. The number of amides is 4. The minimum atomic E-state index is -0.743. The summed E-state index contributed by atoms with van der Waals surface area (Å²) in [6, 6.07) is 4.21. The van der Waals surface area contributed by atoms with Crippen molar-refractivity contribution in [3.05, 3.63) is 35.6 Å². The largest absolute Gasteiger partial charge is 0.331 e. The number of halogens is 1. The topological polar surface area (TPSA) is 66.5 Å². The summed E-state index contributed by atoms with van der Waals surface area (Å²) in [6.07, 6.45) is -0.350. The molecule has 0 aromatic heterocycles. The van der Waals surface area contributed by atoms with Gasteiger partial charge >= 0.3 is 6.03 Å². The first-order valence-corrected chi connectivity index (χ1v) is 5.40. The molecule has 1 aliphatic heterocycles. The van der Waals surface area contributed by atoms with Crippen LogP contribution in [0.3, 0.4) is 0 Å². The van der Waals surface area contributed by atoms with Gasteiger partial charge in [0.15, 0.2) is 0 Å². The molecule has 18 heavy (non-hydrogen) atoms. The van der Waals surface area contributed by atoms with Gasteiger partial charge in [-0.25, -0.2) is 9.18 Å². The molecule has 0 saturated carbocycles. The number of hydrogen-bond acceptors (Lipinski definition) is 3. The lowest BCUT2D eigenvalue weighted by molar-refractivity contribution is -0.137. The molecule has 1 unspecified atom stereocenters. The first-order chi connectivity index (χ1) is 8.49.